The number of benzene rings is 1. The topological polar surface area (TPSA) is 80.2 Å². The molecule has 2 rings (SSSR count). The maximum atomic E-state index is 11.5. The lowest BCUT2D eigenvalue weighted by molar-refractivity contribution is 0.0607. The van der Waals surface area contributed by atoms with Crippen LogP contribution >= 0.6 is 11.3 Å². The minimum Gasteiger partial charge on any atom is -0.504 e. The number of aromatic hydroxyl groups is 1. The van der Waals surface area contributed by atoms with E-state index in [4.69, 9.17) is 4.74 Å². The average Bonchev–Trinajstić information content (AvgIpc) is 2.96. The smallest absolute Gasteiger partial charge is 0.350 e. The van der Waals surface area contributed by atoms with Gasteiger partial charge in [0.25, 0.3) is 0 Å². The summed E-state index contributed by atoms with van der Waals surface area (Å²) >= 11 is 1.26. The molecule has 2 aromatic rings. The van der Waals surface area contributed by atoms with Crippen molar-refractivity contribution in [3.05, 3.63) is 40.1 Å². The molecule has 0 spiro atoms. The Labute approximate surface area is 125 Å². The fraction of sp³-hybridized carbons (Fsp3) is 0.143. The Morgan fingerprint density at radius 3 is 2.90 bits per heavy atom. The van der Waals surface area contributed by atoms with E-state index in [2.05, 4.69) is 15.3 Å². The molecule has 2 N–H and O–H groups in total. The van der Waals surface area contributed by atoms with E-state index < -0.39 is 5.97 Å². The Bertz CT molecular complexity index is 667. The molecule has 0 fully saturated rings. The lowest BCUT2D eigenvalue weighted by Gasteiger charge is -2.05. The van der Waals surface area contributed by atoms with Gasteiger partial charge >= 0.3 is 5.97 Å². The highest BCUT2D eigenvalue weighted by Gasteiger charge is 2.12. The second-order valence-electron chi connectivity index (χ2n) is 3.92. The lowest BCUT2D eigenvalue weighted by Crippen LogP contribution is -2.02. The van der Waals surface area contributed by atoms with Crippen LogP contribution in [-0.2, 0) is 4.74 Å². The highest BCUT2D eigenvalue weighted by Crippen LogP contribution is 2.28. The normalized spacial score (nSPS) is 10.6. The van der Waals surface area contributed by atoms with Crippen molar-refractivity contribution in [3.8, 4) is 11.5 Å². The van der Waals surface area contributed by atoms with Crippen molar-refractivity contribution in [3.63, 3.8) is 0 Å². The van der Waals surface area contributed by atoms with E-state index in [1.807, 2.05) is 0 Å². The summed E-state index contributed by atoms with van der Waals surface area (Å²) in [4.78, 5) is 11.9. The molecule has 1 aromatic heterocycles. The van der Waals surface area contributed by atoms with Crippen molar-refractivity contribution in [1.82, 2.24) is 0 Å². The SMILES string of the molecule is COC(=O)c1sccc1N/N=C\c1cccc(OC)c1O. The fourth-order valence-electron chi connectivity index (χ4n) is 1.63. The van der Waals surface area contributed by atoms with Crippen molar-refractivity contribution in [2.45, 2.75) is 0 Å². The highest BCUT2D eigenvalue weighted by molar-refractivity contribution is 7.12. The predicted octanol–water partition coefficient (Wildman–Crippen LogP) is 2.69. The van der Waals surface area contributed by atoms with Gasteiger partial charge in [-0.3, -0.25) is 5.43 Å². The number of nitrogens with zero attached hydrogens (tertiary/aromatic N) is 1. The first-order valence-corrected chi connectivity index (χ1v) is 6.86. The summed E-state index contributed by atoms with van der Waals surface area (Å²) in [6, 6.07) is 6.80. The maximum Gasteiger partial charge on any atom is 0.350 e. The van der Waals surface area contributed by atoms with E-state index in [1.165, 1.54) is 31.8 Å². The monoisotopic (exact) mass is 306 g/mol. The molecule has 0 aliphatic carbocycles. The number of esters is 1. The van der Waals surface area contributed by atoms with E-state index in [1.54, 1.807) is 29.6 Å². The summed E-state index contributed by atoms with van der Waals surface area (Å²) in [6.45, 7) is 0. The van der Waals surface area contributed by atoms with Crippen LogP contribution < -0.4 is 10.2 Å². The average molecular weight is 306 g/mol. The summed E-state index contributed by atoms with van der Waals surface area (Å²) in [5.41, 5.74) is 3.79. The zero-order chi connectivity index (χ0) is 15.2. The first-order valence-electron chi connectivity index (χ1n) is 5.98. The van der Waals surface area contributed by atoms with Gasteiger partial charge in [-0.1, -0.05) is 6.07 Å². The molecular formula is C14H14N2O4S. The minimum atomic E-state index is -0.424. The number of carbonyl (C=O) groups excluding carboxylic acids is 1. The fourth-order valence-corrected chi connectivity index (χ4v) is 2.39. The Hall–Kier alpha value is -2.54. The number of thiophene rings is 1. The third-order valence-corrected chi connectivity index (χ3v) is 3.57. The number of phenolic OH excluding ortho intramolecular Hbond substituents is 1. The van der Waals surface area contributed by atoms with Gasteiger partial charge in [0.1, 0.15) is 4.88 Å². The van der Waals surface area contributed by atoms with Crippen LogP contribution in [0.2, 0.25) is 0 Å². The Balaban J connectivity index is 2.13. The molecular weight excluding hydrogens is 292 g/mol. The number of anilines is 1. The number of hydrazone groups is 1. The summed E-state index contributed by atoms with van der Waals surface area (Å²) < 4.78 is 9.68. The number of hydrogen-bond acceptors (Lipinski definition) is 7. The number of carbonyl (C=O) groups is 1. The molecule has 0 unspecified atom stereocenters. The van der Waals surface area contributed by atoms with Gasteiger partial charge in [0.15, 0.2) is 11.5 Å². The first kappa shape index (κ1) is 14.9. The molecule has 0 amide bonds. The second-order valence-corrected chi connectivity index (χ2v) is 4.84. The third kappa shape index (κ3) is 3.32. The number of hydrogen-bond donors (Lipinski definition) is 2. The molecule has 1 heterocycles. The number of methoxy groups -OCH3 is 2. The number of para-hydroxylation sites is 1. The van der Waals surface area contributed by atoms with Crippen molar-refractivity contribution in [1.29, 1.82) is 0 Å². The largest absolute Gasteiger partial charge is 0.504 e. The molecule has 6 nitrogen and oxygen atoms in total. The molecule has 0 aliphatic rings. The van der Waals surface area contributed by atoms with Gasteiger partial charge in [0, 0.05) is 5.56 Å². The maximum absolute atomic E-state index is 11.5. The van der Waals surface area contributed by atoms with Gasteiger partial charge in [-0.15, -0.1) is 11.3 Å². The summed E-state index contributed by atoms with van der Waals surface area (Å²) in [5, 5.41) is 15.7. The molecule has 0 atom stereocenters. The van der Waals surface area contributed by atoms with Crippen LogP contribution in [0.25, 0.3) is 0 Å². The zero-order valence-corrected chi connectivity index (χ0v) is 12.3. The van der Waals surface area contributed by atoms with Crippen molar-refractivity contribution in [2.24, 2.45) is 5.10 Å². The van der Waals surface area contributed by atoms with E-state index >= 15 is 0 Å². The van der Waals surface area contributed by atoms with Crippen molar-refractivity contribution >= 4 is 29.2 Å². The lowest BCUT2D eigenvalue weighted by atomic mass is 10.2. The van der Waals surface area contributed by atoms with E-state index in [-0.39, 0.29) is 5.75 Å². The van der Waals surface area contributed by atoms with Crippen LogP contribution in [0.5, 0.6) is 11.5 Å². The standard InChI is InChI=1S/C14H14N2O4S/c1-19-11-5-3-4-9(12(11)17)8-15-16-10-6-7-21-13(10)14(18)20-2/h3-8,16-17H,1-2H3/b15-8-. The summed E-state index contributed by atoms with van der Waals surface area (Å²) in [6.07, 6.45) is 1.44. The number of rotatable bonds is 5. The van der Waals surface area contributed by atoms with Gasteiger partial charge in [0.2, 0.25) is 0 Å². The Morgan fingerprint density at radius 1 is 1.38 bits per heavy atom. The Kier molecular flexibility index (Phi) is 4.78. The molecule has 0 saturated heterocycles. The van der Waals surface area contributed by atoms with Gasteiger partial charge in [-0.25, -0.2) is 4.79 Å². The highest BCUT2D eigenvalue weighted by atomic mass is 32.1. The van der Waals surface area contributed by atoms with E-state index in [0.717, 1.165) is 0 Å². The quantitative estimate of drug-likeness (QED) is 0.504. The van der Waals surface area contributed by atoms with Gasteiger partial charge in [-0.05, 0) is 23.6 Å². The van der Waals surface area contributed by atoms with E-state index in [0.29, 0.717) is 21.9 Å². The first-order chi connectivity index (χ1) is 10.2. The summed E-state index contributed by atoms with van der Waals surface area (Å²) in [7, 11) is 2.80. The Morgan fingerprint density at radius 2 is 2.19 bits per heavy atom. The molecule has 7 heteroatoms. The van der Waals surface area contributed by atoms with Gasteiger partial charge in [-0.2, -0.15) is 5.10 Å². The number of ether oxygens (including phenoxy) is 2. The third-order valence-electron chi connectivity index (χ3n) is 2.67. The molecule has 0 saturated carbocycles. The summed E-state index contributed by atoms with van der Waals surface area (Å²) in [5.74, 6) is -0.0549. The zero-order valence-electron chi connectivity index (χ0n) is 11.5. The molecule has 0 bridgehead atoms. The molecule has 0 radical (unpaired) electrons. The molecule has 110 valence electrons. The number of nitrogens with one attached hydrogen (secondary N) is 1. The van der Waals surface area contributed by atoms with E-state index in [9.17, 15) is 9.90 Å². The molecule has 21 heavy (non-hydrogen) atoms. The van der Waals surface area contributed by atoms with Gasteiger partial charge in [0.05, 0.1) is 26.1 Å². The van der Waals surface area contributed by atoms with Crippen molar-refractivity contribution < 1.29 is 19.4 Å². The van der Waals surface area contributed by atoms with Crippen LogP contribution in [0.4, 0.5) is 5.69 Å². The van der Waals surface area contributed by atoms with Crippen molar-refractivity contribution in [2.75, 3.05) is 19.6 Å². The van der Waals surface area contributed by atoms with Crippen LogP contribution in [0.15, 0.2) is 34.7 Å². The number of phenols is 1. The second kappa shape index (κ2) is 6.76. The molecule has 0 aliphatic heterocycles. The molecule has 1 aromatic carbocycles. The van der Waals surface area contributed by atoms with Crippen LogP contribution in [0, 0.1) is 0 Å². The van der Waals surface area contributed by atoms with Crippen LogP contribution in [0.3, 0.4) is 0 Å². The minimum absolute atomic E-state index is 0.00376. The predicted molar refractivity (Wildman–Crippen MR) is 81.5 cm³/mol. The van der Waals surface area contributed by atoms with Crippen LogP contribution in [-0.4, -0.2) is 31.5 Å². The van der Waals surface area contributed by atoms with Crippen LogP contribution in [0.1, 0.15) is 15.2 Å². The van der Waals surface area contributed by atoms with Gasteiger partial charge < -0.3 is 14.6 Å².